The zero-order chi connectivity index (χ0) is 14.5. The monoisotopic (exact) mass is 290 g/mol. The van der Waals surface area contributed by atoms with Crippen LogP contribution in [0.5, 0.6) is 0 Å². The van der Waals surface area contributed by atoms with E-state index in [9.17, 15) is 0 Å². The molecule has 1 aliphatic carbocycles. The molecule has 0 radical (unpaired) electrons. The van der Waals surface area contributed by atoms with Crippen molar-refractivity contribution >= 4 is 17.8 Å². The highest BCUT2D eigenvalue weighted by molar-refractivity contribution is 5.42. The molecule has 0 aromatic carbocycles. The zero-order valence-corrected chi connectivity index (χ0v) is 12.7. The molecule has 1 saturated carbocycles. The van der Waals surface area contributed by atoms with Gasteiger partial charge in [-0.25, -0.2) is 0 Å². The Morgan fingerprint density at radius 3 is 2.57 bits per heavy atom. The highest BCUT2D eigenvalue weighted by atomic mass is 15.3. The molecule has 0 bridgehead atoms. The van der Waals surface area contributed by atoms with Gasteiger partial charge in [0.05, 0.1) is 0 Å². The van der Waals surface area contributed by atoms with Crippen molar-refractivity contribution < 1.29 is 0 Å². The number of hydrogen-bond acceptors (Lipinski definition) is 6. The maximum atomic E-state index is 5.80. The van der Waals surface area contributed by atoms with Gasteiger partial charge in [0.25, 0.3) is 0 Å². The van der Waals surface area contributed by atoms with Crippen molar-refractivity contribution in [3.63, 3.8) is 0 Å². The van der Waals surface area contributed by atoms with Crippen molar-refractivity contribution in [2.24, 2.45) is 5.92 Å². The number of hydrogen-bond donors (Lipinski definition) is 2. The maximum Gasteiger partial charge on any atom is 0.231 e. The Labute approximate surface area is 126 Å². The van der Waals surface area contributed by atoms with E-state index in [4.69, 9.17) is 5.73 Å². The number of nitrogens with one attached hydrogen (secondary N) is 1. The highest BCUT2D eigenvalue weighted by Crippen LogP contribution is 2.28. The lowest BCUT2D eigenvalue weighted by Crippen LogP contribution is -2.22. The molecule has 116 valence electrons. The second-order valence-electron chi connectivity index (χ2n) is 6.23. The average Bonchev–Trinajstić information content (AvgIpc) is 3.16. The molecule has 0 amide bonds. The van der Waals surface area contributed by atoms with Crippen molar-refractivity contribution in [3.8, 4) is 0 Å². The number of nitrogen functional groups attached to an aromatic ring is 1. The molecule has 1 aromatic heterocycles. The van der Waals surface area contributed by atoms with E-state index in [2.05, 4.69) is 25.2 Å². The van der Waals surface area contributed by atoms with E-state index in [0.29, 0.717) is 11.9 Å². The molecule has 1 aliphatic heterocycles. The molecular formula is C15H26N6. The summed E-state index contributed by atoms with van der Waals surface area (Å²) in [5.74, 6) is 2.59. The van der Waals surface area contributed by atoms with E-state index in [1.807, 2.05) is 0 Å². The fourth-order valence-corrected chi connectivity index (χ4v) is 3.41. The van der Waals surface area contributed by atoms with Crippen molar-refractivity contribution in [3.05, 3.63) is 0 Å². The molecule has 1 aromatic rings. The van der Waals surface area contributed by atoms with Crippen LogP contribution in [0.25, 0.3) is 0 Å². The molecule has 0 spiro atoms. The van der Waals surface area contributed by atoms with Crippen LogP contribution in [-0.2, 0) is 0 Å². The molecule has 6 heteroatoms. The number of aromatic nitrogens is 3. The zero-order valence-electron chi connectivity index (χ0n) is 12.7. The second kappa shape index (κ2) is 6.91. The molecular weight excluding hydrogens is 264 g/mol. The predicted molar refractivity (Wildman–Crippen MR) is 85.4 cm³/mol. The quantitative estimate of drug-likeness (QED) is 0.783. The minimum atomic E-state index is 0.310. The topological polar surface area (TPSA) is 80.0 Å². The van der Waals surface area contributed by atoms with Crippen LogP contribution < -0.4 is 16.0 Å². The van der Waals surface area contributed by atoms with E-state index in [1.54, 1.807) is 0 Å². The molecule has 2 heterocycles. The first-order valence-electron chi connectivity index (χ1n) is 8.31. The Morgan fingerprint density at radius 2 is 1.81 bits per heavy atom. The second-order valence-corrected chi connectivity index (χ2v) is 6.23. The van der Waals surface area contributed by atoms with Crippen LogP contribution >= 0.6 is 0 Å². The fraction of sp³-hybridized carbons (Fsp3) is 0.800. The number of anilines is 3. The van der Waals surface area contributed by atoms with Crippen LogP contribution in [0.1, 0.15) is 51.4 Å². The largest absolute Gasteiger partial charge is 0.368 e. The molecule has 21 heavy (non-hydrogen) atoms. The molecule has 6 nitrogen and oxygen atoms in total. The van der Waals surface area contributed by atoms with Crippen molar-refractivity contribution in [2.45, 2.75) is 51.4 Å². The van der Waals surface area contributed by atoms with Gasteiger partial charge in [-0.3, -0.25) is 0 Å². The molecule has 1 saturated heterocycles. The van der Waals surface area contributed by atoms with E-state index in [1.165, 1.54) is 51.4 Å². The third kappa shape index (κ3) is 3.95. The summed E-state index contributed by atoms with van der Waals surface area (Å²) in [4.78, 5) is 15.1. The lowest BCUT2D eigenvalue weighted by Gasteiger charge is -2.16. The molecule has 0 unspecified atom stereocenters. The van der Waals surface area contributed by atoms with E-state index >= 15 is 0 Å². The Balaban J connectivity index is 1.49. The first kappa shape index (κ1) is 14.4. The van der Waals surface area contributed by atoms with Gasteiger partial charge in [-0.1, -0.05) is 25.7 Å². The summed E-state index contributed by atoms with van der Waals surface area (Å²) in [5.41, 5.74) is 5.80. The van der Waals surface area contributed by atoms with Crippen molar-refractivity contribution in [1.82, 2.24) is 15.0 Å². The van der Waals surface area contributed by atoms with E-state index < -0.39 is 0 Å². The first-order chi connectivity index (χ1) is 10.3. The van der Waals surface area contributed by atoms with Crippen LogP contribution in [0.4, 0.5) is 17.8 Å². The maximum absolute atomic E-state index is 5.80. The van der Waals surface area contributed by atoms with Crippen LogP contribution in [0.2, 0.25) is 0 Å². The van der Waals surface area contributed by atoms with Crippen LogP contribution in [0, 0.1) is 5.92 Å². The highest BCUT2D eigenvalue weighted by Gasteiger charge is 2.17. The standard InChI is InChI=1S/C15H26N6/c16-13-18-14(17-9-5-8-12-6-1-2-7-12)20-15(19-13)21-10-3-4-11-21/h12H,1-11H2,(H3,16,17,18,19,20). The minimum Gasteiger partial charge on any atom is -0.368 e. The summed E-state index contributed by atoms with van der Waals surface area (Å²) < 4.78 is 0. The van der Waals surface area contributed by atoms with Crippen molar-refractivity contribution in [2.75, 3.05) is 35.6 Å². The Kier molecular flexibility index (Phi) is 4.72. The molecule has 2 fully saturated rings. The fourth-order valence-electron chi connectivity index (χ4n) is 3.41. The third-order valence-corrected chi connectivity index (χ3v) is 4.58. The van der Waals surface area contributed by atoms with Gasteiger partial charge in [-0.15, -0.1) is 0 Å². The Morgan fingerprint density at radius 1 is 1.05 bits per heavy atom. The SMILES string of the molecule is Nc1nc(NCCCC2CCCC2)nc(N2CCCC2)n1. The van der Waals surface area contributed by atoms with Crippen LogP contribution in [0.3, 0.4) is 0 Å². The first-order valence-corrected chi connectivity index (χ1v) is 8.31. The summed E-state index contributed by atoms with van der Waals surface area (Å²) in [6.07, 6.45) is 10.6. The van der Waals surface area contributed by atoms with E-state index in [-0.39, 0.29) is 0 Å². The number of nitrogens with zero attached hydrogens (tertiary/aromatic N) is 4. The molecule has 2 aliphatic rings. The molecule has 3 rings (SSSR count). The van der Waals surface area contributed by atoms with Gasteiger partial charge < -0.3 is 16.0 Å². The van der Waals surface area contributed by atoms with Gasteiger partial charge in [0.2, 0.25) is 17.8 Å². The molecule has 3 N–H and O–H groups in total. The van der Waals surface area contributed by atoms with Crippen LogP contribution in [-0.4, -0.2) is 34.6 Å². The van der Waals surface area contributed by atoms with Crippen LogP contribution in [0.15, 0.2) is 0 Å². The van der Waals surface area contributed by atoms with Crippen molar-refractivity contribution in [1.29, 1.82) is 0 Å². The normalized spacial score (nSPS) is 19.3. The van der Waals surface area contributed by atoms with Gasteiger partial charge in [0, 0.05) is 19.6 Å². The van der Waals surface area contributed by atoms with Gasteiger partial charge in [-0.05, 0) is 31.6 Å². The lowest BCUT2D eigenvalue weighted by molar-refractivity contribution is 0.491. The van der Waals surface area contributed by atoms with Gasteiger partial charge in [0.1, 0.15) is 0 Å². The summed E-state index contributed by atoms with van der Waals surface area (Å²) in [6, 6.07) is 0. The average molecular weight is 290 g/mol. The third-order valence-electron chi connectivity index (χ3n) is 4.58. The Hall–Kier alpha value is -1.59. The van der Waals surface area contributed by atoms with E-state index in [0.717, 1.165) is 31.5 Å². The molecule has 0 atom stereocenters. The predicted octanol–water partition coefficient (Wildman–Crippen LogP) is 2.44. The summed E-state index contributed by atoms with van der Waals surface area (Å²) >= 11 is 0. The smallest absolute Gasteiger partial charge is 0.231 e. The minimum absolute atomic E-state index is 0.310. The van der Waals surface area contributed by atoms with Gasteiger partial charge >= 0.3 is 0 Å². The number of nitrogens with two attached hydrogens (primary N) is 1. The summed E-state index contributed by atoms with van der Waals surface area (Å²) in [5, 5.41) is 3.30. The lowest BCUT2D eigenvalue weighted by atomic mass is 10.0. The van der Waals surface area contributed by atoms with Gasteiger partial charge in [-0.2, -0.15) is 15.0 Å². The Bertz CT molecular complexity index is 451. The number of rotatable bonds is 6. The van der Waals surface area contributed by atoms with Gasteiger partial charge in [0.15, 0.2) is 0 Å². The summed E-state index contributed by atoms with van der Waals surface area (Å²) in [6.45, 7) is 2.95. The summed E-state index contributed by atoms with van der Waals surface area (Å²) in [7, 11) is 0.